The van der Waals surface area contributed by atoms with Gasteiger partial charge in [0.1, 0.15) is 10.8 Å². The van der Waals surface area contributed by atoms with Crippen LogP contribution in [0.3, 0.4) is 0 Å². The van der Waals surface area contributed by atoms with Gasteiger partial charge in [0.25, 0.3) is 15.9 Å². The standard InChI is InChI=1S/C26H31N7O5S/c1-6-17-7-8-20-18(11-17)12-23(27-20)39(36,37)32-9-10-33(19(14-32)13-24(34)29(2)3)26(35)25-28-21-15-30(4)31(5)16-22(21)38-25/h1,7-8,11-12,19,27H,9-10,13-16H2,2-5H3. The van der Waals surface area contributed by atoms with Gasteiger partial charge in [-0.3, -0.25) is 9.59 Å². The van der Waals surface area contributed by atoms with Crippen LogP contribution in [-0.4, -0.2) is 108 Å². The molecule has 1 saturated heterocycles. The van der Waals surface area contributed by atoms with Crippen molar-refractivity contribution < 1.29 is 22.4 Å². The lowest BCUT2D eigenvalue weighted by atomic mass is 10.1. The third-order valence-electron chi connectivity index (χ3n) is 7.29. The predicted octanol–water partition coefficient (Wildman–Crippen LogP) is 0.923. The largest absolute Gasteiger partial charge is 0.436 e. The summed E-state index contributed by atoms with van der Waals surface area (Å²) >= 11 is 0. The van der Waals surface area contributed by atoms with Crippen LogP contribution in [-0.2, 0) is 27.9 Å². The number of hydrogen-bond donors (Lipinski definition) is 1. The number of aromatic amines is 1. The number of piperazine rings is 1. The number of nitrogens with zero attached hydrogens (tertiary/aromatic N) is 6. The van der Waals surface area contributed by atoms with E-state index in [-0.39, 0.29) is 42.9 Å². The molecule has 1 aromatic carbocycles. The highest BCUT2D eigenvalue weighted by Gasteiger charge is 2.40. The first-order valence-corrected chi connectivity index (χ1v) is 13.9. The Morgan fingerprint density at radius 1 is 1.18 bits per heavy atom. The molecule has 4 heterocycles. The first kappa shape index (κ1) is 26.9. The SMILES string of the molecule is C#Cc1ccc2[nH]c(S(=O)(=O)N3CCN(C(=O)c4nc5c(o4)CN(C)N(C)C5)C(CC(=O)N(C)C)C3)cc2c1. The molecule has 0 saturated carbocycles. The molecule has 0 aliphatic carbocycles. The summed E-state index contributed by atoms with van der Waals surface area (Å²) < 4.78 is 34.4. The molecule has 206 valence electrons. The number of nitrogens with one attached hydrogen (secondary N) is 1. The number of amides is 2. The third-order valence-corrected chi connectivity index (χ3v) is 9.08. The number of benzene rings is 1. The van der Waals surface area contributed by atoms with Gasteiger partial charge >= 0.3 is 5.91 Å². The van der Waals surface area contributed by atoms with Gasteiger partial charge in [0.2, 0.25) is 5.91 Å². The minimum Gasteiger partial charge on any atom is -0.436 e. The molecular weight excluding hydrogens is 522 g/mol. The molecule has 12 nitrogen and oxygen atoms in total. The van der Waals surface area contributed by atoms with E-state index < -0.39 is 22.0 Å². The first-order chi connectivity index (χ1) is 18.5. The van der Waals surface area contributed by atoms with Crippen molar-refractivity contribution in [3.05, 3.63) is 47.2 Å². The molecule has 1 fully saturated rings. The lowest BCUT2D eigenvalue weighted by Crippen LogP contribution is -2.57. The summed E-state index contributed by atoms with van der Waals surface area (Å²) in [6.07, 6.45) is 5.43. The van der Waals surface area contributed by atoms with Gasteiger partial charge in [0.15, 0.2) is 0 Å². The quantitative estimate of drug-likeness (QED) is 0.463. The van der Waals surface area contributed by atoms with Gasteiger partial charge in [-0.1, -0.05) is 5.92 Å². The lowest BCUT2D eigenvalue weighted by Gasteiger charge is -2.40. The summed E-state index contributed by atoms with van der Waals surface area (Å²) in [6, 6.07) is 6.06. The van der Waals surface area contributed by atoms with Gasteiger partial charge in [-0.05, 0) is 24.3 Å². The van der Waals surface area contributed by atoms with E-state index in [1.54, 1.807) is 38.4 Å². The fraction of sp³-hybridized carbons (Fsp3) is 0.423. The normalized spacial score (nSPS) is 19.2. The fourth-order valence-electron chi connectivity index (χ4n) is 4.86. The fourth-order valence-corrected chi connectivity index (χ4v) is 6.34. The van der Waals surface area contributed by atoms with Crippen molar-refractivity contribution >= 4 is 32.7 Å². The summed E-state index contributed by atoms with van der Waals surface area (Å²) in [4.78, 5) is 36.6. The number of hydrogen-bond acceptors (Lipinski definition) is 8. The predicted molar refractivity (Wildman–Crippen MR) is 143 cm³/mol. The van der Waals surface area contributed by atoms with Crippen LogP contribution in [0, 0.1) is 12.3 Å². The first-order valence-electron chi connectivity index (χ1n) is 12.5. The molecule has 0 spiro atoms. The van der Waals surface area contributed by atoms with E-state index in [1.807, 2.05) is 24.1 Å². The molecule has 3 aromatic rings. The number of fused-ring (bicyclic) bond motifs is 2. The molecule has 5 rings (SSSR count). The van der Waals surface area contributed by atoms with Crippen molar-refractivity contribution in [3.63, 3.8) is 0 Å². The minimum absolute atomic E-state index is 0.0257. The van der Waals surface area contributed by atoms with Crippen LogP contribution in [0.4, 0.5) is 0 Å². The maximum atomic E-state index is 13.6. The Hall–Kier alpha value is -3.70. The van der Waals surface area contributed by atoms with Gasteiger partial charge in [0, 0.05) is 70.7 Å². The number of terminal acetylenes is 1. The third kappa shape index (κ3) is 5.04. The van der Waals surface area contributed by atoms with Crippen molar-refractivity contribution in [2.24, 2.45) is 0 Å². The van der Waals surface area contributed by atoms with E-state index in [4.69, 9.17) is 10.8 Å². The van der Waals surface area contributed by atoms with Crippen molar-refractivity contribution in [3.8, 4) is 12.3 Å². The molecular formula is C26H31N7O5S. The van der Waals surface area contributed by atoms with Crippen LogP contribution < -0.4 is 0 Å². The topological polar surface area (TPSA) is 126 Å². The van der Waals surface area contributed by atoms with E-state index in [9.17, 15) is 18.0 Å². The number of oxazole rings is 1. The average Bonchev–Trinajstić information content (AvgIpc) is 3.52. The molecule has 13 heteroatoms. The van der Waals surface area contributed by atoms with Gasteiger partial charge < -0.3 is 19.2 Å². The van der Waals surface area contributed by atoms with Gasteiger partial charge in [0.05, 0.1) is 24.8 Å². The van der Waals surface area contributed by atoms with Crippen LogP contribution >= 0.6 is 0 Å². The van der Waals surface area contributed by atoms with E-state index in [1.165, 1.54) is 14.1 Å². The number of H-pyrrole nitrogens is 1. The molecule has 1 unspecified atom stereocenters. The Kier molecular flexibility index (Phi) is 6.98. The molecule has 1 atom stereocenters. The van der Waals surface area contributed by atoms with Crippen LogP contribution in [0.5, 0.6) is 0 Å². The number of carbonyl (C=O) groups excluding carboxylic acids is 2. The zero-order valence-corrected chi connectivity index (χ0v) is 23.2. The molecule has 1 N–H and O–H groups in total. The summed E-state index contributed by atoms with van der Waals surface area (Å²) in [7, 11) is 3.13. The highest BCUT2D eigenvalue weighted by Crippen LogP contribution is 2.27. The summed E-state index contributed by atoms with van der Waals surface area (Å²) in [5, 5.41) is 4.64. The van der Waals surface area contributed by atoms with Crippen LogP contribution in [0.25, 0.3) is 10.9 Å². The van der Waals surface area contributed by atoms with Crippen LogP contribution in [0.2, 0.25) is 0 Å². The highest BCUT2D eigenvalue weighted by molar-refractivity contribution is 7.89. The molecule has 0 bridgehead atoms. The van der Waals surface area contributed by atoms with E-state index in [0.717, 1.165) is 0 Å². The van der Waals surface area contributed by atoms with Gasteiger partial charge in [-0.15, -0.1) is 6.42 Å². The molecule has 2 aliphatic heterocycles. The lowest BCUT2D eigenvalue weighted by molar-refractivity contribution is -0.130. The molecule has 0 radical (unpaired) electrons. The zero-order valence-electron chi connectivity index (χ0n) is 22.3. The maximum absolute atomic E-state index is 13.6. The van der Waals surface area contributed by atoms with Gasteiger partial charge in [-0.2, -0.15) is 4.31 Å². The summed E-state index contributed by atoms with van der Waals surface area (Å²) in [5.74, 6) is 2.43. The monoisotopic (exact) mass is 553 g/mol. The zero-order chi connectivity index (χ0) is 28.1. The maximum Gasteiger partial charge on any atom is 0.310 e. The van der Waals surface area contributed by atoms with Crippen LogP contribution in [0.1, 0.15) is 34.1 Å². The van der Waals surface area contributed by atoms with Crippen molar-refractivity contribution in [2.45, 2.75) is 30.6 Å². The second kappa shape index (κ2) is 10.1. The Morgan fingerprint density at radius 2 is 1.92 bits per heavy atom. The molecule has 2 aliphatic rings. The second-order valence-electron chi connectivity index (χ2n) is 10.1. The Bertz CT molecular complexity index is 1560. The van der Waals surface area contributed by atoms with Gasteiger partial charge in [-0.25, -0.2) is 23.4 Å². The average molecular weight is 554 g/mol. The molecule has 39 heavy (non-hydrogen) atoms. The van der Waals surface area contributed by atoms with E-state index in [0.29, 0.717) is 41.0 Å². The summed E-state index contributed by atoms with van der Waals surface area (Å²) in [6.45, 7) is 1.07. The van der Waals surface area contributed by atoms with E-state index in [2.05, 4.69) is 15.9 Å². The number of carbonyl (C=O) groups is 2. The molecule has 2 amide bonds. The number of hydrazine groups is 1. The highest BCUT2D eigenvalue weighted by atomic mass is 32.2. The van der Waals surface area contributed by atoms with Crippen LogP contribution in [0.15, 0.2) is 33.7 Å². The minimum atomic E-state index is -3.95. The summed E-state index contributed by atoms with van der Waals surface area (Å²) in [5.41, 5.74) is 1.98. The smallest absolute Gasteiger partial charge is 0.310 e. The van der Waals surface area contributed by atoms with Crippen molar-refractivity contribution in [1.29, 1.82) is 0 Å². The number of rotatable bonds is 5. The Balaban J connectivity index is 1.41. The van der Waals surface area contributed by atoms with Crippen molar-refractivity contribution in [2.75, 3.05) is 47.8 Å². The van der Waals surface area contributed by atoms with Crippen molar-refractivity contribution in [1.82, 2.24) is 34.1 Å². The Labute approximate surface area is 227 Å². The molecule has 2 aromatic heterocycles. The number of sulfonamides is 1. The second-order valence-corrected chi connectivity index (χ2v) is 12.0. The number of aromatic nitrogens is 2. The Morgan fingerprint density at radius 3 is 2.64 bits per heavy atom. The van der Waals surface area contributed by atoms with E-state index >= 15 is 0 Å².